The van der Waals surface area contributed by atoms with Gasteiger partial charge in [-0.3, -0.25) is 0 Å². The van der Waals surface area contributed by atoms with E-state index in [1.54, 1.807) is 5.56 Å². The molecule has 0 spiro atoms. The van der Waals surface area contributed by atoms with Crippen LogP contribution in [0.1, 0.15) is 43.7 Å². The Bertz CT molecular complexity index is 398. The minimum atomic E-state index is 0.354. The van der Waals surface area contributed by atoms with Crippen LogP contribution in [0.2, 0.25) is 0 Å². The lowest BCUT2D eigenvalue weighted by molar-refractivity contribution is 0.156. The van der Waals surface area contributed by atoms with Crippen molar-refractivity contribution in [3.05, 3.63) is 35.4 Å². The lowest BCUT2D eigenvalue weighted by Crippen LogP contribution is -2.50. The minimum Gasteiger partial charge on any atom is -0.327 e. The van der Waals surface area contributed by atoms with Gasteiger partial charge < -0.3 is 5.73 Å². The maximum Gasteiger partial charge on any atom is 0.0116 e. The first-order chi connectivity index (χ1) is 7.72. The Morgan fingerprint density at radius 3 is 2.94 bits per heavy atom. The molecule has 3 rings (SSSR count). The van der Waals surface area contributed by atoms with Crippen LogP contribution in [0.3, 0.4) is 0 Å². The van der Waals surface area contributed by atoms with E-state index in [1.165, 1.54) is 31.2 Å². The maximum absolute atomic E-state index is 6.39. The highest BCUT2D eigenvalue weighted by Crippen LogP contribution is 2.49. The van der Waals surface area contributed by atoms with Crippen molar-refractivity contribution in [3.63, 3.8) is 0 Å². The first-order valence-electron chi connectivity index (χ1n) is 6.56. The maximum atomic E-state index is 6.39. The summed E-state index contributed by atoms with van der Waals surface area (Å²) in [5.74, 6) is 0.705. The molecule has 2 aliphatic carbocycles. The van der Waals surface area contributed by atoms with Gasteiger partial charge >= 0.3 is 0 Å². The Labute approximate surface area is 98.0 Å². The van der Waals surface area contributed by atoms with E-state index in [1.807, 2.05) is 0 Å². The highest BCUT2D eigenvalue weighted by Gasteiger charge is 2.44. The smallest absolute Gasteiger partial charge is 0.0116 e. The van der Waals surface area contributed by atoms with Gasteiger partial charge in [0.1, 0.15) is 0 Å². The van der Waals surface area contributed by atoms with E-state index in [-0.39, 0.29) is 0 Å². The average molecular weight is 215 g/mol. The molecular formula is C15H21N. The van der Waals surface area contributed by atoms with Gasteiger partial charge in [0.25, 0.3) is 0 Å². The van der Waals surface area contributed by atoms with E-state index in [4.69, 9.17) is 5.73 Å². The topological polar surface area (TPSA) is 26.0 Å². The van der Waals surface area contributed by atoms with Crippen LogP contribution in [0.25, 0.3) is 0 Å². The predicted molar refractivity (Wildman–Crippen MR) is 67.4 cm³/mol. The standard InChI is InChI=1S/C15H21N/c1-15-9-5-4-8-13(15)14(16)10-11-6-2-3-7-12(11)15/h2-3,6-7,13-14H,4-5,8-10,16H2,1H3/t13-,14-,15-/m1/s1. The molecule has 1 fully saturated rings. The average Bonchev–Trinajstić information content (AvgIpc) is 2.29. The van der Waals surface area contributed by atoms with Gasteiger partial charge in [-0.05, 0) is 41.7 Å². The Kier molecular flexibility index (Phi) is 2.32. The van der Waals surface area contributed by atoms with Crippen molar-refractivity contribution in [1.82, 2.24) is 0 Å². The molecule has 2 N–H and O–H groups in total. The Balaban J connectivity index is 2.12. The molecule has 1 aromatic carbocycles. The minimum absolute atomic E-state index is 0.354. The van der Waals surface area contributed by atoms with Crippen molar-refractivity contribution in [1.29, 1.82) is 0 Å². The molecule has 0 unspecified atom stereocenters. The first kappa shape index (κ1) is 10.3. The van der Waals surface area contributed by atoms with Crippen molar-refractivity contribution in [2.24, 2.45) is 11.7 Å². The van der Waals surface area contributed by atoms with Crippen molar-refractivity contribution in [2.45, 2.75) is 50.5 Å². The number of benzene rings is 1. The summed E-state index contributed by atoms with van der Waals surface area (Å²) < 4.78 is 0. The molecule has 2 aliphatic rings. The van der Waals surface area contributed by atoms with Crippen molar-refractivity contribution >= 4 is 0 Å². The summed E-state index contributed by atoms with van der Waals surface area (Å²) in [6, 6.07) is 9.32. The number of hydrogen-bond donors (Lipinski definition) is 1. The Morgan fingerprint density at radius 1 is 1.25 bits per heavy atom. The zero-order valence-corrected chi connectivity index (χ0v) is 10.1. The zero-order valence-electron chi connectivity index (χ0n) is 10.1. The second-order valence-electron chi connectivity index (χ2n) is 5.79. The molecule has 0 saturated heterocycles. The number of hydrogen-bond acceptors (Lipinski definition) is 1. The highest BCUT2D eigenvalue weighted by atomic mass is 14.7. The molecule has 1 heteroatoms. The Morgan fingerprint density at radius 2 is 2.06 bits per heavy atom. The van der Waals surface area contributed by atoms with Crippen LogP contribution in [0.15, 0.2) is 24.3 Å². The number of nitrogens with two attached hydrogens (primary N) is 1. The van der Waals surface area contributed by atoms with Gasteiger partial charge in [-0.1, -0.05) is 44.0 Å². The lowest BCUT2D eigenvalue weighted by Gasteiger charge is -2.49. The fraction of sp³-hybridized carbons (Fsp3) is 0.600. The lowest BCUT2D eigenvalue weighted by atomic mass is 9.57. The quantitative estimate of drug-likeness (QED) is 0.707. The Hall–Kier alpha value is -0.820. The molecule has 0 aliphatic heterocycles. The largest absolute Gasteiger partial charge is 0.327 e. The third kappa shape index (κ3) is 1.34. The normalized spacial score (nSPS) is 37.6. The summed E-state index contributed by atoms with van der Waals surface area (Å²) >= 11 is 0. The van der Waals surface area contributed by atoms with Gasteiger partial charge in [0.15, 0.2) is 0 Å². The van der Waals surface area contributed by atoms with Crippen LogP contribution in [-0.4, -0.2) is 6.04 Å². The van der Waals surface area contributed by atoms with E-state index in [0.717, 1.165) is 6.42 Å². The molecule has 86 valence electrons. The van der Waals surface area contributed by atoms with Gasteiger partial charge in [0.05, 0.1) is 0 Å². The zero-order chi connectivity index (χ0) is 11.2. The molecule has 0 radical (unpaired) electrons. The summed E-state index contributed by atoms with van der Waals surface area (Å²) in [5.41, 5.74) is 9.82. The van der Waals surface area contributed by atoms with Crippen LogP contribution in [-0.2, 0) is 11.8 Å². The summed E-state index contributed by atoms with van der Waals surface area (Å²) in [5, 5.41) is 0. The molecule has 16 heavy (non-hydrogen) atoms. The summed E-state index contributed by atoms with van der Waals surface area (Å²) in [6.07, 6.45) is 6.47. The van der Waals surface area contributed by atoms with Crippen LogP contribution in [0, 0.1) is 5.92 Å². The number of fused-ring (bicyclic) bond motifs is 3. The third-order valence-electron chi connectivity index (χ3n) is 4.88. The van der Waals surface area contributed by atoms with Crippen LogP contribution in [0.4, 0.5) is 0 Å². The summed E-state index contributed by atoms with van der Waals surface area (Å²) in [7, 11) is 0. The monoisotopic (exact) mass is 215 g/mol. The molecule has 0 heterocycles. The van der Waals surface area contributed by atoms with Crippen LogP contribution in [0.5, 0.6) is 0 Å². The van der Waals surface area contributed by atoms with Crippen molar-refractivity contribution in [2.75, 3.05) is 0 Å². The van der Waals surface area contributed by atoms with E-state index in [0.29, 0.717) is 17.4 Å². The molecule has 1 saturated carbocycles. The van der Waals surface area contributed by atoms with E-state index in [2.05, 4.69) is 31.2 Å². The number of rotatable bonds is 0. The van der Waals surface area contributed by atoms with E-state index in [9.17, 15) is 0 Å². The fourth-order valence-corrected chi connectivity index (χ4v) is 4.03. The van der Waals surface area contributed by atoms with Gasteiger partial charge in [-0.25, -0.2) is 0 Å². The molecule has 3 atom stereocenters. The second kappa shape index (κ2) is 3.59. The molecule has 1 nitrogen and oxygen atoms in total. The molecule has 1 aromatic rings. The molecule has 0 aromatic heterocycles. The molecule has 0 bridgehead atoms. The van der Waals surface area contributed by atoms with Gasteiger partial charge in [0, 0.05) is 6.04 Å². The van der Waals surface area contributed by atoms with Crippen molar-refractivity contribution < 1.29 is 0 Å². The fourth-order valence-electron chi connectivity index (χ4n) is 4.03. The van der Waals surface area contributed by atoms with E-state index >= 15 is 0 Å². The third-order valence-corrected chi connectivity index (χ3v) is 4.88. The first-order valence-corrected chi connectivity index (χ1v) is 6.56. The van der Waals surface area contributed by atoms with Crippen LogP contribution >= 0.6 is 0 Å². The summed E-state index contributed by atoms with van der Waals surface area (Å²) in [4.78, 5) is 0. The summed E-state index contributed by atoms with van der Waals surface area (Å²) in [6.45, 7) is 2.44. The molecule has 0 amide bonds. The van der Waals surface area contributed by atoms with Crippen LogP contribution < -0.4 is 5.73 Å². The van der Waals surface area contributed by atoms with Crippen molar-refractivity contribution in [3.8, 4) is 0 Å². The van der Waals surface area contributed by atoms with Gasteiger partial charge in [0.2, 0.25) is 0 Å². The molecular weight excluding hydrogens is 194 g/mol. The highest BCUT2D eigenvalue weighted by molar-refractivity contribution is 5.39. The van der Waals surface area contributed by atoms with Gasteiger partial charge in [-0.15, -0.1) is 0 Å². The second-order valence-corrected chi connectivity index (χ2v) is 5.79. The van der Waals surface area contributed by atoms with E-state index < -0.39 is 0 Å². The van der Waals surface area contributed by atoms with Gasteiger partial charge in [-0.2, -0.15) is 0 Å². The SMILES string of the molecule is C[C@]12CCCC[C@@H]1[C@H](N)Cc1ccccc12. The predicted octanol–water partition coefficient (Wildman–Crippen LogP) is 3.02.